The molecule has 0 spiro atoms. The van der Waals surface area contributed by atoms with Gasteiger partial charge < -0.3 is 0 Å². The second-order valence-electron chi connectivity index (χ2n) is 6.38. The number of piperidine rings is 1. The number of halogens is 1. The van der Waals surface area contributed by atoms with Crippen molar-refractivity contribution in [2.24, 2.45) is 0 Å². The number of pyridine rings is 1. The van der Waals surface area contributed by atoms with Crippen LogP contribution in [0.5, 0.6) is 0 Å². The molecule has 0 radical (unpaired) electrons. The van der Waals surface area contributed by atoms with Crippen LogP contribution in [0.15, 0.2) is 43.1 Å². The number of benzene rings is 1. The zero-order chi connectivity index (χ0) is 16.4. The Balaban J connectivity index is 1.60. The van der Waals surface area contributed by atoms with Crippen LogP contribution in [-0.2, 0) is 13.1 Å². The lowest BCUT2D eigenvalue weighted by Gasteiger charge is -2.35. The van der Waals surface area contributed by atoms with Gasteiger partial charge in [0.25, 0.3) is 0 Å². The van der Waals surface area contributed by atoms with Crippen LogP contribution in [0.1, 0.15) is 24.8 Å². The molecule has 2 aromatic heterocycles. The van der Waals surface area contributed by atoms with E-state index >= 15 is 0 Å². The lowest BCUT2D eigenvalue weighted by molar-refractivity contribution is 0.122. The molecular formula is C18H20FN5. The van der Waals surface area contributed by atoms with E-state index in [-0.39, 0.29) is 5.82 Å². The Morgan fingerprint density at radius 1 is 1.25 bits per heavy atom. The summed E-state index contributed by atoms with van der Waals surface area (Å²) in [4.78, 5) is 10.9. The van der Waals surface area contributed by atoms with Crippen molar-refractivity contribution >= 4 is 10.9 Å². The van der Waals surface area contributed by atoms with Crippen LogP contribution in [0.25, 0.3) is 10.9 Å². The van der Waals surface area contributed by atoms with Crippen molar-refractivity contribution in [2.75, 3.05) is 6.54 Å². The van der Waals surface area contributed by atoms with Gasteiger partial charge in [-0.3, -0.25) is 14.6 Å². The van der Waals surface area contributed by atoms with Crippen molar-refractivity contribution in [3.05, 3.63) is 54.5 Å². The number of rotatable bonds is 4. The molecule has 1 aromatic carbocycles. The third-order valence-corrected chi connectivity index (χ3v) is 4.74. The standard InChI is InChI=1S/C18H20FN5/c19-16-8-14-4-3-6-21-18(14)15(9-16)10-23-7-2-1-5-17(23)11-24-13-20-12-22-24/h3-4,6,8-9,12-13,17H,1-2,5,7,10-11H2/t17-/m0/s1. The average Bonchev–Trinajstić information content (AvgIpc) is 3.09. The second-order valence-corrected chi connectivity index (χ2v) is 6.38. The molecule has 0 unspecified atom stereocenters. The number of likely N-dealkylation sites (tertiary alicyclic amines) is 1. The summed E-state index contributed by atoms with van der Waals surface area (Å²) in [6.45, 7) is 2.55. The fourth-order valence-corrected chi connectivity index (χ4v) is 3.58. The molecule has 0 aliphatic carbocycles. The van der Waals surface area contributed by atoms with Gasteiger partial charge in [-0.1, -0.05) is 12.5 Å². The van der Waals surface area contributed by atoms with Crippen LogP contribution in [0.4, 0.5) is 4.39 Å². The topological polar surface area (TPSA) is 46.8 Å². The molecule has 0 bridgehead atoms. The van der Waals surface area contributed by atoms with E-state index in [0.717, 1.165) is 36.0 Å². The molecule has 3 aromatic rings. The van der Waals surface area contributed by atoms with Crippen LogP contribution in [0, 0.1) is 5.82 Å². The van der Waals surface area contributed by atoms with Crippen LogP contribution in [0.2, 0.25) is 0 Å². The Morgan fingerprint density at radius 3 is 3.08 bits per heavy atom. The first-order chi connectivity index (χ1) is 11.8. The summed E-state index contributed by atoms with van der Waals surface area (Å²) in [6.07, 6.45) is 8.61. The first kappa shape index (κ1) is 15.2. The molecule has 6 heteroatoms. The Kier molecular flexibility index (Phi) is 4.21. The number of fused-ring (bicyclic) bond motifs is 1. The summed E-state index contributed by atoms with van der Waals surface area (Å²) in [5.74, 6) is -0.199. The number of nitrogens with zero attached hydrogens (tertiary/aromatic N) is 5. The van der Waals surface area contributed by atoms with E-state index in [1.54, 1.807) is 31.0 Å². The number of hydrogen-bond acceptors (Lipinski definition) is 4. The Bertz CT molecular complexity index is 817. The Hall–Kier alpha value is -2.34. The number of hydrogen-bond donors (Lipinski definition) is 0. The molecule has 1 fully saturated rings. The maximum absolute atomic E-state index is 14.0. The highest BCUT2D eigenvalue weighted by atomic mass is 19.1. The molecule has 5 nitrogen and oxygen atoms in total. The zero-order valence-corrected chi connectivity index (χ0v) is 13.5. The molecule has 1 aliphatic rings. The highest BCUT2D eigenvalue weighted by molar-refractivity contribution is 5.81. The van der Waals surface area contributed by atoms with E-state index in [1.165, 1.54) is 12.8 Å². The van der Waals surface area contributed by atoms with Crippen molar-refractivity contribution in [3.8, 4) is 0 Å². The molecule has 124 valence electrons. The quantitative estimate of drug-likeness (QED) is 0.740. The minimum atomic E-state index is -0.199. The molecule has 0 amide bonds. The molecule has 0 N–H and O–H groups in total. The predicted octanol–water partition coefficient (Wildman–Crippen LogP) is 3.02. The third kappa shape index (κ3) is 3.14. The van der Waals surface area contributed by atoms with E-state index in [4.69, 9.17) is 0 Å². The summed E-state index contributed by atoms with van der Waals surface area (Å²) in [5.41, 5.74) is 1.85. The monoisotopic (exact) mass is 325 g/mol. The van der Waals surface area contributed by atoms with Crippen molar-refractivity contribution < 1.29 is 4.39 Å². The van der Waals surface area contributed by atoms with Gasteiger partial charge in [0.2, 0.25) is 0 Å². The van der Waals surface area contributed by atoms with Crippen LogP contribution in [-0.4, -0.2) is 37.2 Å². The molecular weight excluding hydrogens is 305 g/mol. The first-order valence-electron chi connectivity index (χ1n) is 8.39. The van der Waals surface area contributed by atoms with Gasteiger partial charge in [-0.05, 0) is 43.1 Å². The van der Waals surface area contributed by atoms with Gasteiger partial charge in [-0.2, -0.15) is 5.10 Å². The van der Waals surface area contributed by atoms with Crippen molar-refractivity contribution in [2.45, 2.75) is 38.4 Å². The highest BCUT2D eigenvalue weighted by Gasteiger charge is 2.24. The smallest absolute Gasteiger partial charge is 0.137 e. The Labute approximate surface area is 140 Å². The van der Waals surface area contributed by atoms with Gasteiger partial charge in [0.05, 0.1) is 12.1 Å². The van der Waals surface area contributed by atoms with Crippen LogP contribution in [0.3, 0.4) is 0 Å². The summed E-state index contributed by atoms with van der Waals surface area (Å²) in [6, 6.07) is 7.33. The Morgan fingerprint density at radius 2 is 2.21 bits per heavy atom. The van der Waals surface area contributed by atoms with Crippen molar-refractivity contribution in [1.82, 2.24) is 24.6 Å². The fraction of sp³-hybridized carbons (Fsp3) is 0.389. The largest absolute Gasteiger partial charge is 0.294 e. The summed E-state index contributed by atoms with van der Waals surface area (Å²) < 4.78 is 15.9. The highest BCUT2D eigenvalue weighted by Crippen LogP contribution is 2.25. The van der Waals surface area contributed by atoms with Gasteiger partial charge >= 0.3 is 0 Å². The lowest BCUT2D eigenvalue weighted by Crippen LogP contribution is -2.41. The van der Waals surface area contributed by atoms with Crippen molar-refractivity contribution in [3.63, 3.8) is 0 Å². The van der Waals surface area contributed by atoms with E-state index < -0.39 is 0 Å². The van der Waals surface area contributed by atoms with Gasteiger partial charge in [0, 0.05) is 24.2 Å². The molecule has 24 heavy (non-hydrogen) atoms. The van der Waals surface area contributed by atoms with Crippen molar-refractivity contribution in [1.29, 1.82) is 0 Å². The predicted molar refractivity (Wildman–Crippen MR) is 89.8 cm³/mol. The van der Waals surface area contributed by atoms with Crippen LogP contribution < -0.4 is 0 Å². The molecule has 1 atom stereocenters. The number of aromatic nitrogens is 4. The fourth-order valence-electron chi connectivity index (χ4n) is 3.58. The van der Waals surface area contributed by atoms with Crippen LogP contribution >= 0.6 is 0 Å². The molecule has 1 saturated heterocycles. The van der Waals surface area contributed by atoms with E-state index in [9.17, 15) is 4.39 Å². The SMILES string of the molecule is Fc1cc(CN2CCCC[C@H]2Cn2cncn2)c2ncccc2c1. The summed E-state index contributed by atoms with van der Waals surface area (Å²) in [5, 5.41) is 5.08. The minimum Gasteiger partial charge on any atom is -0.294 e. The molecule has 3 heterocycles. The van der Waals surface area contributed by atoms with E-state index in [2.05, 4.69) is 20.0 Å². The van der Waals surface area contributed by atoms with Gasteiger partial charge in [0.15, 0.2) is 0 Å². The maximum atomic E-state index is 14.0. The van der Waals surface area contributed by atoms with Gasteiger partial charge in [-0.15, -0.1) is 0 Å². The summed E-state index contributed by atoms with van der Waals surface area (Å²) in [7, 11) is 0. The second kappa shape index (κ2) is 6.65. The molecule has 1 aliphatic heterocycles. The van der Waals surface area contributed by atoms with Gasteiger partial charge in [-0.25, -0.2) is 9.37 Å². The first-order valence-corrected chi connectivity index (χ1v) is 8.39. The third-order valence-electron chi connectivity index (χ3n) is 4.74. The average molecular weight is 325 g/mol. The zero-order valence-electron chi connectivity index (χ0n) is 13.5. The molecule has 4 rings (SSSR count). The maximum Gasteiger partial charge on any atom is 0.137 e. The lowest BCUT2D eigenvalue weighted by atomic mass is 10.00. The van der Waals surface area contributed by atoms with E-state index in [1.807, 2.05) is 16.8 Å². The van der Waals surface area contributed by atoms with Gasteiger partial charge in [0.1, 0.15) is 18.5 Å². The molecule has 0 saturated carbocycles. The summed E-state index contributed by atoms with van der Waals surface area (Å²) >= 11 is 0. The normalized spacial score (nSPS) is 19.0. The van der Waals surface area contributed by atoms with E-state index in [0.29, 0.717) is 12.6 Å². The minimum absolute atomic E-state index is 0.199.